The molecule has 8 rings (SSSR count). The molecule has 0 fully saturated rings. The quantitative estimate of drug-likeness (QED) is 0.242. The van der Waals surface area contributed by atoms with E-state index in [1.54, 1.807) is 0 Å². The SMILES string of the molecule is C1=C=C(n2c3ccccc3c3cc(C4=C(c5ccccc5)c5c([nH]c6ccccc56)CC4)ccc32)C=CC=1. The zero-order valence-electron chi connectivity index (χ0n) is 20.8. The standard InChI is InChI=1S/C36H24N2/c1-3-11-24(12-4-1)35-27(20-21-32-36(35)29-16-7-9-17-31(29)37-32)25-19-22-34-30(23-25)28-15-8-10-18-33(28)38(34)26-13-5-2-6-14-26/h1-5,7-13,15-19,22-23,37H,20-21H2. The molecule has 0 bridgehead atoms. The normalized spacial score (nSPS) is 14.6. The van der Waals surface area contributed by atoms with Gasteiger partial charge in [-0.15, -0.1) is 0 Å². The Balaban J connectivity index is 1.44. The number of nitrogens with one attached hydrogen (secondary N) is 1. The smallest absolute Gasteiger partial charge is 0.0973 e. The Morgan fingerprint density at radius 1 is 0.684 bits per heavy atom. The van der Waals surface area contributed by atoms with Crippen molar-refractivity contribution in [3.8, 4) is 0 Å². The molecule has 0 saturated heterocycles. The van der Waals surface area contributed by atoms with Crippen LogP contribution in [-0.4, -0.2) is 9.55 Å². The summed E-state index contributed by atoms with van der Waals surface area (Å²) >= 11 is 0. The number of rotatable bonds is 3. The number of H-pyrrole nitrogens is 1. The Kier molecular flexibility index (Phi) is 4.59. The summed E-state index contributed by atoms with van der Waals surface area (Å²) in [4.78, 5) is 3.72. The van der Waals surface area contributed by atoms with Gasteiger partial charge in [-0.05, 0) is 77.3 Å². The third-order valence-electron chi connectivity index (χ3n) is 7.92. The van der Waals surface area contributed by atoms with Crippen LogP contribution in [0.2, 0.25) is 0 Å². The van der Waals surface area contributed by atoms with Gasteiger partial charge < -0.3 is 9.55 Å². The van der Waals surface area contributed by atoms with Crippen molar-refractivity contribution in [1.29, 1.82) is 0 Å². The molecule has 2 aliphatic rings. The summed E-state index contributed by atoms with van der Waals surface area (Å²) in [5.74, 6) is 0. The predicted octanol–water partition coefficient (Wildman–Crippen LogP) is 8.90. The second-order valence-corrected chi connectivity index (χ2v) is 10.0. The zero-order valence-corrected chi connectivity index (χ0v) is 20.8. The van der Waals surface area contributed by atoms with Crippen molar-refractivity contribution in [2.75, 3.05) is 0 Å². The van der Waals surface area contributed by atoms with Gasteiger partial charge in [0, 0.05) is 32.9 Å². The van der Waals surface area contributed by atoms with Gasteiger partial charge >= 0.3 is 0 Å². The van der Waals surface area contributed by atoms with Crippen LogP contribution in [0.15, 0.2) is 127 Å². The second kappa shape index (κ2) is 8.26. The molecular formula is C36H24N2. The molecule has 0 saturated carbocycles. The van der Waals surface area contributed by atoms with Crippen LogP contribution < -0.4 is 0 Å². The molecule has 38 heavy (non-hydrogen) atoms. The van der Waals surface area contributed by atoms with Gasteiger partial charge in [0.15, 0.2) is 0 Å². The topological polar surface area (TPSA) is 20.7 Å². The Morgan fingerprint density at radius 3 is 2.34 bits per heavy atom. The first-order valence-corrected chi connectivity index (χ1v) is 13.2. The highest BCUT2D eigenvalue weighted by atomic mass is 15.0. The lowest BCUT2D eigenvalue weighted by Gasteiger charge is -2.23. The summed E-state index contributed by atoms with van der Waals surface area (Å²) in [6.07, 6.45) is 8.03. The number of aromatic nitrogens is 2. The van der Waals surface area contributed by atoms with Crippen molar-refractivity contribution in [1.82, 2.24) is 9.55 Å². The van der Waals surface area contributed by atoms with Crippen molar-refractivity contribution in [2.24, 2.45) is 0 Å². The minimum absolute atomic E-state index is 0.996. The van der Waals surface area contributed by atoms with Crippen LogP contribution in [0, 0.1) is 0 Å². The van der Waals surface area contributed by atoms with Crippen LogP contribution in [-0.2, 0) is 6.42 Å². The van der Waals surface area contributed by atoms with Gasteiger partial charge in [0.2, 0.25) is 0 Å². The van der Waals surface area contributed by atoms with Crippen LogP contribution >= 0.6 is 0 Å². The number of para-hydroxylation sites is 2. The molecule has 0 atom stereocenters. The Bertz CT molecular complexity index is 2080. The third kappa shape index (κ3) is 3.09. The number of nitrogens with zero attached hydrogens (tertiary/aromatic N) is 1. The summed E-state index contributed by atoms with van der Waals surface area (Å²) in [5.41, 5.74) is 19.0. The fourth-order valence-electron chi connectivity index (χ4n) is 6.30. The minimum atomic E-state index is 0.996. The lowest BCUT2D eigenvalue weighted by molar-refractivity contribution is 0.958. The van der Waals surface area contributed by atoms with E-state index in [9.17, 15) is 0 Å². The van der Waals surface area contributed by atoms with Gasteiger partial charge in [0.05, 0.1) is 16.7 Å². The van der Waals surface area contributed by atoms with Crippen LogP contribution in [0.3, 0.4) is 0 Å². The first kappa shape index (κ1) is 21.1. The van der Waals surface area contributed by atoms with Crippen molar-refractivity contribution in [3.05, 3.63) is 149 Å². The molecule has 4 aromatic carbocycles. The Labute approximate surface area is 220 Å². The summed E-state index contributed by atoms with van der Waals surface area (Å²) < 4.78 is 2.30. The molecule has 0 unspecified atom stereocenters. The number of aryl methyl sites for hydroxylation is 1. The molecule has 6 aromatic rings. The maximum atomic E-state index is 3.72. The van der Waals surface area contributed by atoms with E-state index >= 15 is 0 Å². The van der Waals surface area contributed by atoms with Gasteiger partial charge in [-0.2, -0.15) is 0 Å². The molecular weight excluding hydrogens is 460 g/mol. The molecule has 0 spiro atoms. The van der Waals surface area contributed by atoms with E-state index in [0.717, 1.165) is 18.5 Å². The number of aromatic amines is 1. The summed E-state index contributed by atoms with van der Waals surface area (Å²) in [6, 6.07) is 35.3. The number of allylic oxidation sites excluding steroid dienone is 5. The minimum Gasteiger partial charge on any atom is -0.358 e. The van der Waals surface area contributed by atoms with Crippen LogP contribution in [0.5, 0.6) is 0 Å². The van der Waals surface area contributed by atoms with E-state index < -0.39 is 0 Å². The average Bonchev–Trinajstić information content (AvgIpc) is 3.53. The van der Waals surface area contributed by atoms with Gasteiger partial charge in [-0.3, -0.25) is 0 Å². The van der Waals surface area contributed by atoms with Crippen molar-refractivity contribution in [3.63, 3.8) is 0 Å². The van der Waals surface area contributed by atoms with Crippen LogP contribution in [0.1, 0.15) is 28.8 Å². The van der Waals surface area contributed by atoms with Crippen molar-refractivity contribution in [2.45, 2.75) is 12.8 Å². The Hall–Kier alpha value is -5.00. The molecule has 2 aromatic heterocycles. The number of fused-ring (bicyclic) bond motifs is 6. The van der Waals surface area contributed by atoms with E-state index in [1.807, 2.05) is 12.2 Å². The molecule has 2 heteroatoms. The maximum Gasteiger partial charge on any atom is 0.0973 e. The molecule has 0 aliphatic heterocycles. The summed E-state index contributed by atoms with van der Waals surface area (Å²) in [5, 5.41) is 3.82. The van der Waals surface area contributed by atoms with Gasteiger partial charge in [0.1, 0.15) is 0 Å². The monoisotopic (exact) mass is 484 g/mol. The fourth-order valence-corrected chi connectivity index (χ4v) is 6.30. The van der Waals surface area contributed by atoms with Crippen molar-refractivity contribution >= 4 is 49.6 Å². The first-order chi connectivity index (χ1) is 18.9. The zero-order chi connectivity index (χ0) is 25.1. The maximum absolute atomic E-state index is 3.72. The number of benzene rings is 4. The van der Waals surface area contributed by atoms with Gasteiger partial charge in [-0.1, -0.05) is 84.6 Å². The molecule has 178 valence electrons. The van der Waals surface area contributed by atoms with E-state index in [0.29, 0.717) is 0 Å². The first-order valence-electron chi connectivity index (χ1n) is 13.2. The van der Waals surface area contributed by atoms with Crippen molar-refractivity contribution < 1.29 is 0 Å². The Morgan fingerprint density at radius 2 is 1.47 bits per heavy atom. The summed E-state index contributed by atoms with van der Waals surface area (Å²) in [6.45, 7) is 0. The molecule has 2 nitrogen and oxygen atoms in total. The second-order valence-electron chi connectivity index (χ2n) is 10.0. The number of hydrogen-bond acceptors (Lipinski definition) is 0. The van der Waals surface area contributed by atoms with Crippen LogP contribution in [0.4, 0.5) is 0 Å². The highest BCUT2D eigenvalue weighted by Crippen LogP contribution is 2.45. The third-order valence-corrected chi connectivity index (χ3v) is 7.92. The number of hydrogen-bond donors (Lipinski definition) is 1. The molecule has 0 amide bonds. The summed E-state index contributed by atoms with van der Waals surface area (Å²) in [7, 11) is 0. The molecule has 2 heterocycles. The average molecular weight is 485 g/mol. The van der Waals surface area contributed by atoms with Crippen LogP contribution in [0.25, 0.3) is 49.6 Å². The van der Waals surface area contributed by atoms with E-state index in [1.165, 1.54) is 66.2 Å². The fraction of sp³-hybridized carbons (Fsp3) is 0.0556. The van der Waals surface area contributed by atoms with E-state index in [-0.39, 0.29) is 0 Å². The molecule has 0 radical (unpaired) electrons. The van der Waals surface area contributed by atoms with Gasteiger partial charge in [0.25, 0.3) is 0 Å². The largest absolute Gasteiger partial charge is 0.358 e. The predicted molar refractivity (Wildman–Crippen MR) is 159 cm³/mol. The lowest BCUT2D eigenvalue weighted by atomic mass is 9.81. The van der Waals surface area contributed by atoms with Gasteiger partial charge in [-0.25, -0.2) is 0 Å². The highest BCUT2D eigenvalue weighted by Gasteiger charge is 2.26. The lowest BCUT2D eigenvalue weighted by Crippen LogP contribution is -2.05. The van der Waals surface area contributed by atoms with E-state index in [2.05, 4.69) is 124 Å². The molecule has 1 N–H and O–H groups in total. The van der Waals surface area contributed by atoms with E-state index in [4.69, 9.17) is 0 Å². The molecule has 2 aliphatic carbocycles. The highest BCUT2D eigenvalue weighted by molar-refractivity contribution is 6.13.